The monoisotopic (exact) mass is 445 g/mol. The van der Waals surface area contributed by atoms with Gasteiger partial charge in [-0.3, -0.25) is 9.32 Å². The van der Waals surface area contributed by atoms with Gasteiger partial charge in [0.1, 0.15) is 0 Å². The van der Waals surface area contributed by atoms with Gasteiger partial charge in [0.15, 0.2) is 0 Å². The Morgan fingerprint density at radius 2 is 1.33 bits per heavy atom. The van der Waals surface area contributed by atoms with Gasteiger partial charge in [0.2, 0.25) is 0 Å². The van der Waals surface area contributed by atoms with Gasteiger partial charge in [0.25, 0.3) is 0 Å². The second kappa shape index (κ2) is 23.8. The maximum absolute atomic E-state index is 10.3. The zero-order chi connectivity index (χ0) is 22.9. The average Bonchev–Trinajstić information content (AvgIpc) is 2.68. The predicted molar refractivity (Wildman–Crippen MR) is 123 cm³/mol. The van der Waals surface area contributed by atoms with Crippen molar-refractivity contribution < 1.29 is 28.8 Å². The summed E-state index contributed by atoms with van der Waals surface area (Å²) in [5.74, 6) is -0.712. The Morgan fingerprint density at radius 1 is 0.867 bits per heavy atom. The van der Waals surface area contributed by atoms with E-state index in [4.69, 9.17) is 20.6 Å². The van der Waals surface area contributed by atoms with Gasteiger partial charge in [-0.25, -0.2) is 4.57 Å². The Kier molecular flexibility index (Phi) is 24.3. The molecule has 30 heavy (non-hydrogen) atoms. The van der Waals surface area contributed by atoms with Crippen LogP contribution >= 0.6 is 7.82 Å². The van der Waals surface area contributed by atoms with E-state index in [9.17, 15) is 9.36 Å². The van der Waals surface area contributed by atoms with Crippen LogP contribution in [0.15, 0.2) is 48.6 Å². The van der Waals surface area contributed by atoms with Gasteiger partial charge < -0.3 is 20.6 Å². The van der Waals surface area contributed by atoms with Gasteiger partial charge in [0.05, 0.1) is 6.61 Å². The molecule has 0 rings (SSSR count). The molecule has 0 saturated heterocycles. The van der Waals surface area contributed by atoms with Crippen molar-refractivity contribution in [3.05, 3.63) is 48.6 Å². The molecule has 0 spiro atoms. The van der Waals surface area contributed by atoms with Crippen LogP contribution in [0.2, 0.25) is 0 Å². The third-order valence-electron chi connectivity index (χ3n) is 3.60. The Morgan fingerprint density at radius 3 is 1.70 bits per heavy atom. The number of carbonyl (C=O) groups is 1. The molecule has 5 N–H and O–H groups in total. The molecule has 0 saturated carbocycles. The Hall–Kier alpha value is -1.50. The average molecular weight is 446 g/mol. The minimum absolute atomic E-state index is 0.107. The smallest absolute Gasteiger partial charge is 0.469 e. The molecular formula is C22H40NO6P. The third-order valence-corrected chi connectivity index (χ3v) is 4.12. The molecular weight excluding hydrogens is 405 g/mol. The third kappa shape index (κ3) is 34.0. The van der Waals surface area contributed by atoms with Crippen molar-refractivity contribution in [2.45, 2.75) is 71.1 Å². The molecule has 0 atom stereocenters. The van der Waals surface area contributed by atoms with Gasteiger partial charge in [-0.1, -0.05) is 68.4 Å². The first-order valence-corrected chi connectivity index (χ1v) is 12.1. The van der Waals surface area contributed by atoms with E-state index in [1.807, 2.05) is 0 Å². The normalized spacial score (nSPS) is 12.3. The van der Waals surface area contributed by atoms with E-state index < -0.39 is 13.8 Å². The summed E-state index contributed by atoms with van der Waals surface area (Å²) < 4.78 is 13.7. The maximum atomic E-state index is 10.3. The molecule has 7 nitrogen and oxygen atoms in total. The Labute approximate surface area is 181 Å². The van der Waals surface area contributed by atoms with E-state index in [-0.39, 0.29) is 19.6 Å². The van der Waals surface area contributed by atoms with E-state index in [1.165, 1.54) is 25.7 Å². The number of allylic oxidation sites excluding steroid dienone is 8. The van der Waals surface area contributed by atoms with Crippen LogP contribution in [-0.4, -0.2) is 34.0 Å². The van der Waals surface area contributed by atoms with Crippen LogP contribution in [0.3, 0.4) is 0 Å². The van der Waals surface area contributed by atoms with Crippen molar-refractivity contribution in [3.63, 3.8) is 0 Å². The molecule has 0 aromatic heterocycles. The molecule has 0 amide bonds. The van der Waals surface area contributed by atoms with E-state index >= 15 is 0 Å². The van der Waals surface area contributed by atoms with Crippen LogP contribution in [0.4, 0.5) is 0 Å². The summed E-state index contributed by atoms with van der Waals surface area (Å²) in [5, 5.41) is 8.49. The number of unbranched alkanes of at least 4 members (excludes halogenated alkanes) is 4. The summed E-state index contributed by atoms with van der Waals surface area (Å²) in [6.45, 7) is 2.24. The lowest BCUT2D eigenvalue weighted by atomic mass is 10.2. The minimum atomic E-state index is -4.26. The highest BCUT2D eigenvalue weighted by Gasteiger charge is 2.11. The number of hydrogen-bond donors (Lipinski definition) is 4. The molecule has 0 fully saturated rings. The highest BCUT2D eigenvalue weighted by Crippen LogP contribution is 2.34. The molecule has 0 radical (unpaired) electrons. The second-order valence-corrected chi connectivity index (χ2v) is 7.73. The van der Waals surface area contributed by atoms with Crippen molar-refractivity contribution in [3.8, 4) is 0 Å². The zero-order valence-electron chi connectivity index (χ0n) is 18.2. The summed E-state index contributed by atoms with van der Waals surface area (Å²) in [6, 6.07) is 0. The number of carboxylic acid groups (broad SMARTS) is 1. The zero-order valence-corrected chi connectivity index (χ0v) is 19.1. The number of nitrogens with two attached hydrogens (primary N) is 1. The number of phosphoric ester groups is 1. The fourth-order valence-electron chi connectivity index (χ4n) is 2.10. The summed E-state index contributed by atoms with van der Waals surface area (Å²) in [4.78, 5) is 26.3. The summed E-state index contributed by atoms with van der Waals surface area (Å²) in [7, 11) is -4.26. The molecule has 0 aromatic rings. The number of rotatable bonds is 17. The quantitative estimate of drug-likeness (QED) is 0.136. The Bertz CT molecular complexity index is 552. The van der Waals surface area contributed by atoms with Crippen molar-refractivity contribution in [2.75, 3.05) is 13.2 Å². The number of hydrogen-bond acceptors (Lipinski definition) is 4. The van der Waals surface area contributed by atoms with E-state index in [0.29, 0.717) is 0 Å². The topological polar surface area (TPSA) is 130 Å². The SMILES string of the molecule is CCCCC/C=C\C/C=C\C/C=C\C/C=C\CCCC(=O)O.NCCOP(=O)(O)O. The van der Waals surface area contributed by atoms with Gasteiger partial charge in [-0.2, -0.15) is 0 Å². The summed E-state index contributed by atoms with van der Waals surface area (Å²) in [6.07, 6.45) is 27.3. The number of aliphatic carboxylic acids is 1. The number of carboxylic acids is 1. The summed E-state index contributed by atoms with van der Waals surface area (Å²) in [5.41, 5.74) is 4.87. The van der Waals surface area contributed by atoms with Crippen LogP contribution in [0.1, 0.15) is 71.1 Å². The first-order valence-electron chi connectivity index (χ1n) is 10.5. The molecule has 8 heteroatoms. The second-order valence-electron chi connectivity index (χ2n) is 6.49. The highest BCUT2D eigenvalue weighted by molar-refractivity contribution is 7.46. The molecule has 0 bridgehead atoms. The summed E-state index contributed by atoms with van der Waals surface area (Å²) >= 11 is 0. The van der Waals surface area contributed by atoms with Crippen LogP contribution < -0.4 is 5.73 Å². The Balaban J connectivity index is 0. The molecule has 0 unspecified atom stereocenters. The van der Waals surface area contributed by atoms with Crippen LogP contribution in [-0.2, 0) is 13.9 Å². The van der Waals surface area contributed by atoms with Gasteiger partial charge in [-0.05, 0) is 44.9 Å². The molecule has 0 aliphatic carbocycles. The van der Waals surface area contributed by atoms with Gasteiger partial charge in [-0.15, -0.1) is 0 Å². The van der Waals surface area contributed by atoms with E-state index in [1.54, 1.807) is 0 Å². The van der Waals surface area contributed by atoms with Crippen molar-refractivity contribution in [1.29, 1.82) is 0 Å². The fraction of sp³-hybridized carbons (Fsp3) is 0.591. The molecule has 0 heterocycles. The van der Waals surface area contributed by atoms with Crippen LogP contribution in [0, 0.1) is 0 Å². The van der Waals surface area contributed by atoms with Crippen molar-refractivity contribution in [2.24, 2.45) is 5.73 Å². The molecule has 0 aliphatic rings. The van der Waals surface area contributed by atoms with Crippen molar-refractivity contribution in [1.82, 2.24) is 0 Å². The minimum Gasteiger partial charge on any atom is -0.481 e. The van der Waals surface area contributed by atoms with Crippen LogP contribution in [0.5, 0.6) is 0 Å². The van der Waals surface area contributed by atoms with E-state index in [0.717, 1.165) is 32.1 Å². The van der Waals surface area contributed by atoms with Crippen LogP contribution in [0.25, 0.3) is 0 Å². The molecule has 0 aliphatic heterocycles. The van der Waals surface area contributed by atoms with Gasteiger partial charge >= 0.3 is 13.8 Å². The predicted octanol–water partition coefficient (Wildman–Crippen LogP) is 5.27. The largest absolute Gasteiger partial charge is 0.481 e. The lowest BCUT2D eigenvalue weighted by molar-refractivity contribution is -0.137. The lowest BCUT2D eigenvalue weighted by Gasteiger charge is -2.00. The standard InChI is InChI=1S/C20H32O2.C2H8NO4P/c1-2-3-4-5-6-7-8-9-10-11-12-13-14-15-16-17-18-19-20(21)22;3-1-2-7-8(4,5)6/h6-7,9-10,12-13,15-16H,2-5,8,11,14,17-19H2,1H3,(H,21,22);1-3H2,(H2,4,5,6)/b7-6-,10-9-,13-12-,16-15-;. The molecule has 0 aromatic carbocycles. The molecule has 174 valence electrons. The van der Waals surface area contributed by atoms with E-state index in [2.05, 4.69) is 60.1 Å². The highest BCUT2D eigenvalue weighted by atomic mass is 31.2. The lowest BCUT2D eigenvalue weighted by Crippen LogP contribution is -2.06. The van der Waals surface area contributed by atoms with Gasteiger partial charge in [0, 0.05) is 13.0 Å². The first-order chi connectivity index (χ1) is 14.3. The van der Waals surface area contributed by atoms with Crippen molar-refractivity contribution >= 4 is 13.8 Å². The first kappa shape index (κ1) is 30.7. The maximum Gasteiger partial charge on any atom is 0.469 e. The number of phosphoric acid groups is 1. The fourth-order valence-corrected chi connectivity index (χ4v) is 2.45.